The molecule has 0 saturated carbocycles. The van der Waals surface area contributed by atoms with Gasteiger partial charge in [-0.15, -0.1) is 0 Å². The Labute approximate surface area is 110 Å². The predicted molar refractivity (Wildman–Crippen MR) is 67.8 cm³/mol. The number of hydrogen-bond donors (Lipinski definition) is 3. The molecule has 3 N–H and O–H groups in total. The molecule has 0 aromatic heterocycles. The highest BCUT2D eigenvalue weighted by Gasteiger charge is 2.34. The number of β-amino-alcohol motifs (C(OH)–C–C–N with tert-alkyl or cyclic N) is 1. The first-order chi connectivity index (χ1) is 8.57. The average Bonchev–Trinajstić information content (AvgIpc) is 2.31. The van der Waals surface area contributed by atoms with Gasteiger partial charge in [0.2, 0.25) is 0 Å². The molecule has 1 aliphatic heterocycles. The van der Waals surface area contributed by atoms with Crippen LogP contribution in [0.4, 0.5) is 0 Å². The number of amides is 1. The minimum atomic E-state index is -0.814. The van der Waals surface area contributed by atoms with E-state index >= 15 is 0 Å². The molecular formula is C12H15ClN2O3. The normalized spacial score (nSPS) is 16.8. The number of ether oxygens (including phenoxy) is 1. The average molecular weight is 271 g/mol. The number of carbonyl (C=O) groups excluding carboxylic acids is 1. The van der Waals surface area contributed by atoms with Crippen molar-refractivity contribution >= 4 is 17.5 Å². The van der Waals surface area contributed by atoms with E-state index in [0.29, 0.717) is 23.9 Å². The summed E-state index contributed by atoms with van der Waals surface area (Å²) in [5, 5.41) is 15.9. The fraction of sp³-hybridized carbons (Fsp3) is 0.417. The van der Waals surface area contributed by atoms with Crippen LogP contribution in [0.1, 0.15) is 0 Å². The van der Waals surface area contributed by atoms with Crippen LogP contribution in [-0.4, -0.2) is 42.9 Å². The highest BCUT2D eigenvalue weighted by Crippen LogP contribution is 2.16. The van der Waals surface area contributed by atoms with Crippen molar-refractivity contribution in [2.24, 2.45) is 0 Å². The van der Waals surface area contributed by atoms with Crippen molar-refractivity contribution in [3.8, 4) is 5.75 Å². The first-order valence-corrected chi connectivity index (χ1v) is 6.03. The van der Waals surface area contributed by atoms with E-state index in [4.69, 9.17) is 16.3 Å². The van der Waals surface area contributed by atoms with Gasteiger partial charge in [-0.25, -0.2) is 0 Å². The first kappa shape index (κ1) is 13.1. The molecule has 0 unspecified atom stereocenters. The smallest absolute Gasteiger partial charge is 0.258 e. The molecule has 0 radical (unpaired) electrons. The number of aliphatic hydroxyl groups is 1. The third kappa shape index (κ3) is 3.60. The zero-order valence-corrected chi connectivity index (χ0v) is 10.5. The van der Waals surface area contributed by atoms with Crippen molar-refractivity contribution in [1.29, 1.82) is 0 Å². The van der Waals surface area contributed by atoms with Gasteiger partial charge in [0.15, 0.2) is 6.61 Å². The molecule has 0 aliphatic carbocycles. The Kier molecular flexibility index (Phi) is 4.06. The summed E-state index contributed by atoms with van der Waals surface area (Å²) in [5.74, 6) is 0.275. The number of benzene rings is 1. The van der Waals surface area contributed by atoms with Crippen molar-refractivity contribution in [1.82, 2.24) is 10.6 Å². The lowest BCUT2D eigenvalue weighted by Crippen LogP contribution is -2.64. The van der Waals surface area contributed by atoms with Crippen LogP contribution in [0.15, 0.2) is 24.3 Å². The first-order valence-electron chi connectivity index (χ1n) is 5.66. The Morgan fingerprint density at radius 3 is 2.94 bits per heavy atom. The molecular weight excluding hydrogens is 256 g/mol. The maximum atomic E-state index is 11.5. The summed E-state index contributed by atoms with van der Waals surface area (Å²) in [6.07, 6.45) is 0. The van der Waals surface area contributed by atoms with Crippen molar-refractivity contribution in [2.45, 2.75) is 5.60 Å². The molecule has 18 heavy (non-hydrogen) atoms. The number of hydrogen-bond acceptors (Lipinski definition) is 4. The van der Waals surface area contributed by atoms with E-state index in [9.17, 15) is 9.90 Å². The lowest BCUT2D eigenvalue weighted by molar-refractivity contribution is -0.124. The highest BCUT2D eigenvalue weighted by atomic mass is 35.5. The van der Waals surface area contributed by atoms with E-state index in [0.717, 1.165) is 0 Å². The van der Waals surface area contributed by atoms with Crippen molar-refractivity contribution in [3.63, 3.8) is 0 Å². The van der Waals surface area contributed by atoms with Gasteiger partial charge in [0.25, 0.3) is 5.91 Å². The van der Waals surface area contributed by atoms with Crippen LogP contribution in [0.5, 0.6) is 5.75 Å². The lowest BCUT2D eigenvalue weighted by Gasteiger charge is -2.37. The minimum absolute atomic E-state index is 0.0934. The zero-order valence-electron chi connectivity index (χ0n) is 9.78. The van der Waals surface area contributed by atoms with Gasteiger partial charge < -0.3 is 20.5 Å². The quantitative estimate of drug-likeness (QED) is 0.713. The van der Waals surface area contributed by atoms with Crippen LogP contribution >= 0.6 is 11.6 Å². The van der Waals surface area contributed by atoms with Crippen LogP contribution in [0.3, 0.4) is 0 Å². The fourth-order valence-corrected chi connectivity index (χ4v) is 1.74. The van der Waals surface area contributed by atoms with Crippen molar-refractivity contribution in [3.05, 3.63) is 29.3 Å². The van der Waals surface area contributed by atoms with Gasteiger partial charge in [0.1, 0.15) is 11.4 Å². The SMILES string of the molecule is O=C(COc1cccc(Cl)c1)NCC1(O)CNC1. The third-order valence-electron chi connectivity index (χ3n) is 2.69. The second kappa shape index (κ2) is 5.56. The third-order valence-corrected chi connectivity index (χ3v) is 2.92. The van der Waals surface area contributed by atoms with E-state index in [1.165, 1.54) is 0 Å². The van der Waals surface area contributed by atoms with Gasteiger partial charge in [-0.2, -0.15) is 0 Å². The minimum Gasteiger partial charge on any atom is -0.484 e. The molecule has 0 spiro atoms. The van der Waals surface area contributed by atoms with Gasteiger partial charge in [-0.3, -0.25) is 4.79 Å². The summed E-state index contributed by atoms with van der Waals surface area (Å²) in [4.78, 5) is 11.5. The number of carbonyl (C=O) groups is 1. The second-order valence-corrected chi connectivity index (χ2v) is 4.79. The number of halogens is 1. The largest absolute Gasteiger partial charge is 0.484 e. The maximum Gasteiger partial charge on any atom is 0.258 e. The molecule has 1 aromatic carbocycles. The van der Waals surface area contributed by atoms with Gasteiger partial charge in [-0.1, -0.05) is 17.7 Å². The summed E-state index contributed by atoms with van der Waals surface area (Å²) in [6.45, 7) is 1.15. The molecule has 1 aliphatic rings. The zero-order chi connectivity index (χ0) is 13.0. The van der Waals surface area contributed by atoms with E-state index in [1.54, 1.807) is 24.3 Å². The molecule has 1 heterocycles. The van der Waals surface area contributed by atoms with Crippen LogP contribution < -0.4 is 15.4 Å². The molecule has 1 fully saturated rings. The van der Waals surface area contributed by atoms with E-state index in [1.807, 2.05) is 0 Å². The van der Waals surface area contributed by atoms with Crippen molar-refractivity contribution in [2.75, 3.05) is 26.2 Å². The van der Waals surface area contributed by atoms with Gasteiger partial charge in [0.05, 0.1) is 0 Å². The maximum absolute atomic E-state index is 11.5. The van der Waals surface area contributed by atoms with Crippen LogP contribution in [0.2, 0.25) is 5.02 Å². The Morgan fingerprint density at radius 2 is 2.33 bits per heavy atom. The topological polar surface area (TPSA) is 70.6 Å². The Bertz CT molecular complexity index is 435. The number of nitrogens with one attached hydrogen (secondary N) is 2. The Hall–Kier alpha value is -1.30. The van der Waals surface area contributed by atoms with Gasteiger partial charge in [-0.05, 0) is 18.2 Å². The summed E-state index contributed by atoms with van der Waals surface area (Å²) in [6, 6.07) is 6.84. The standard InChI is InChI=1S/C12H15ClN2O3/c13-9-2-1-3-10(4-9)18-5-11(16)15-8-12(17)6-14-7-12/h1-4,14,17H,5-8H2,(H,15,16). The summed E-state index contributed by atoms with van der Waals surface area (Å²) < 4.78 is 5.27. The van der Waals surface area contributed by atoms with Crippen LogP contribution in [0, 0.1) is 0 Å². The van der Waals surface area contributed by atoms with Crippen LogP contribution in [0.25, 0.3) is 0 Å². The molecule has 6 heteroatoms. The summed E-state index contributed by atoms with van der Waals surface area (Å²) >= 11 is 5.79. The molecule has 98 valence electrons. The van der Waals surface area contributed by atoms with E-state index in [-0.39, 0.29) is 19.1 Å². The molecule has 2 rings (SSSR count). The predicted octanol–water partition coefficient (Wildman–Crippen LogP) is 0.169. The summed E-state index contributed by atoms with van der Waals surface area (Å²) in [7, 11) is 0. The van der Waals surface area contributed by atoms with E-state index in [2.05, 4.69) is 10.6 Å². The highest BCUT2D eigenvalue weighted by molar-refractivity contribution is 6.30. The molecule has 0 atom stereocenters. The second-order valence-electron chi connectivity index (χ2n) is 4.35. The van der Waals surface area contributed by atoms with Gasteiger partial charge >= 0.3 is 0 Å². The van der Waals surface area contributed by atoms with Crippen molar-refractivity contribution < 1.29 is 14.6 Å². The monoisotopic (exact) mass is 270 g/mol. The van der Waals surface area contributed by atoms with Gasteiger partial charge in [0, 0.05) is 24.7 Å². The Balaban J connectivity index is 1.71. The van der Waals surface area contributed by atoms with E-state index < -0.39 is 5.60 Å². The fourth-order valence-electron chi connectivity index (χ4n) is 1.56. The summed E-state index contributed by atoms with van der Waals surface area (Å²) in [5.41, 5.74) is -0.814. The molecule has 5 nitrogen and oxygen atoms in total. The molecule has 1 saturated heterocycles. The Morgan fingerprint density at radius 1 is 1.56 bits per heavy atom. The molecule has 1 aromatic rings. The van der Waals surface area contributed by atoms with Crippen LogP contribution in [-0.2, 0) is 4.79 Å². The molecule has 0 bridgehead atoms. The molecule has 1 amide bonds. The number of rotatable bonds is 5. The lowest BCUT2D eigenvalue weighted by atomic mass is 9.97.